The zero-order valence-electron chi connectivity index (χ0n) is 11.9. The van der Waals surface area contributed by atoms with Crippen LogP contribution in [0.5, 0.6) is 0 Å². The van der Waals surface area contributed by atoms with Gasteiger partial charge in [0.05, 0.1) is 13.2 Å². The van der Waals surface area contributed by atoms with Gasteiger partial charge in [-0.25, -0.2) is 0 Å². The van der Waals surface area contributed by atoms with Crippen LogP contribution in [0.15, 0.2) is 22.7 Å². The lowest BCUT2D eigenvalue weighted by Crippen LogP contribution is -2.38. The van der Waals surface area contributed by atoms with E-state index in [9.17, 15) is 9.59 Å². The average molecular weight is 343 g/mol. The predicted octanol–water partition coefficient (Wildman–Crippen LogP) is 2.19. The van der Waals surface area contributed by atoms with Crippen molar-refractivity contribution in [3.05, 3.63) is 28.2 Å². The SMILES string of the molecule is COCCN(CC(=O)Nc1ccc(C)c(Br)c1)C(C)=O. The van der Waals surface area contributed by atoms with Gasteiger partial charge in [0.2, 0.25) is 11.8 Å². The van der Waals surface area contributed by atoms with Gasteiger partial charge in [0, 0.05) is 30.7 Å². The number of amides is 2. The quantitative estimate of drug-likeness (QED) is 0.861. The Morgan fingerprint density at radius 1 is 1.40 bits per heavy atom. The number of carbonyl (C=O) groups is 2. The van der Waals surface area contributed by atoms with Gasteiger partial charge in [-0.3, -0.25) is 9.59 Å². The van der Waals surface area contributed by atoms with Crippen LogP contribution < -0.4 is 5.32 Å². The number of anilines is 1. The second kappa shape index (κ2) is 8.01. The molecule has 0 bridgehead atoms. The molecule has 2 amide bonds. The van der Waals surface area contributed by atoms with E-state index in [-0.39, 0.29) is 18.4 Å². The van der Waals surface area contributed by atoms with Crippen molar-refractivity contribution < 1.29 is 14.3 Å². The minimum atomic E-state index is -0.230. The van der Waals surface area contributed by atoms with Crippen molar-refractivity contribution in [3.8, 4) is 0 Å². The standard InChI is InChI=1S/C14H19BrN2O3/c1-10-4-5-12(8-13(10)15)16-14(19)9-17(11(2)18)6-7-20-3/h4-5,8H,6-7,9H2,1-3H3,(H,16,19). The molecule has 0 aliphatic rings. The van der Waals surface area contributed by atoms with Crippen LogP contribution in [0.1, 0.15) is 12.5 Å². The van der Waals surface area contributed by atoms with Crippen molar-refractivity contribution in [2.45, 2.75) is 13.8 Å². The summed E-state index contributed by atoms with van der Waals surface area (Å²) in [6.45, 7) is 4.23. The maximum atomic E-state index is 11.9. The van der Waals surface area contributed by atoms with Crippen LogP contribution in [-0.4, -0.2) is 43.5 Å². The molecule has 1 aromatic rings. The summed E-state index contributed by atoms with van der Waals surface area (Å²) in [4.78, 5) is 24.8. The molecule has 110 valence electrons. The molecule has 1 N–H and O–H groups in total. The van der Waals surface area contributed by atoms with Crippen molar-refractivity contribution >= 4 is 33.4 Å². The van der Waals surface area contributed by atoms with Gasteiger partial charge in [-0.15, -0.1) is 0 Å². The summed E-state index contributed by atoms with van der Waals surface area (Å²) in [6.07, 6.45) is 0. The molecular weight excluding hydrogens is 324 g/mol. The molecule has 0 saturated carbocycles. The summed E-state index contributed by atoms with van der Waals surface area (Å²) in [5.74, 6) is -0.380. The normalized spacial score (nSPS) is 10.2. The van der Waals surface area contributed by atoms with Gasteiger partial charge in [-0.05, 0) is 24.6 Å². The number of nitrogens with one attached hydrogen (secondary N) is 1. The van der Waals surface area contributed by atoms with Gasteiger partial charge in [0.25, 0.3) is 0 Å². The van der Waals surface area contributed by atoms with E-state index in [2.05, 4.69) is 21.2 Å². The zero-order chi connectivity index (χ0) is 15.1. The smallest absolute Gasteiger partial charge is 0.243 e. The first-order chi connectivity index (χ1) is 9.43. The predicted molar refractivity (Wildman–Crippen MR) is 81.6 cm³/mol. The highest BCUT2D eigenvalue weighted by atomic mass is 79.9. The van der Waals surface area contributed by atoms with Crippen LogP contribution in [0.3, 0.4) is 0 Å². The fraction of sp³-hybridized carbons (Fsp3) is 0.429. The van der Waals surface area contributed by atoms with Gasteiger partial charge in [-0.1, -0.05) is 22.0 Å². The minimum absolute atomic E-state index is 0.0180. The highest BCUT2D eigenvalue weighted by Gasteiger charge is 2.13. The zero-order valence-corrected chi connectivity index (χ0v) is 13.5. The Kier molecular flexibility index (Phi) is 6.67. The molecule has 0 aliphatic heterocycles. The summed E-state index contributed by atoms with van der Waals surface area (Å²) in [7, 11) is 1.56. The second-order valence-electron chi connectivity index (χ2n) is 4.45. The molecule has 5 nitrogen and oxygen atoms in total. The lowest BCUT2D eigenvalue weighted by molar-refractivity contribution is -0.133. The van der Waals surface area contributed by atoms with Gasteiger partial charge in [-0.2, -0.15) is 0 Å². The van der Waals surface area contributed by atoms with Gasteiger partial charge >= 0.3 is 0 Å². The van der Waals surface area contributed by atoms with Crippen molar-refractivity contribution in [1.29, 1.82) is 0 Å². The van der Waals surface area contributed by atoms with E-state index in [1.54, 1.807) is 7.11 Å². The first-order valence-corrected chi connectivity index (χ1v) is 7.03. The Hall–Kier alpha value is -1.40. The number of aryl methyl sites for hydroxylation is 1. The third kappa shape index (κ3) is 5.30. The third-order valence-corrected chi connectivity index (χ3v) is 3.66. The van der Waals surface area contributed by atoms with Crippen LogP contribution in [0.25, 0.3) is 0 Å². The average Bonchev–Trinajstić information content (AvgIpc) is 2.38. The van der Waals surface area contributed by atoms with E-state index in [0.717, 1.165) is 10.0 Å². The maximum Gasteiger partial charge on any atom is 0.243 e. The molecule has 0 radical (unpaired) electrons. The van der Waals surface area contributed by atoms with E-state index in [0.29, 0.717) is 18.8 Å². The van der Waals surface area contributed by atoms with E-state index in [4.69, 9.17) is 4.74 Å². The fourth-order valence-corrected chi connectivity index (χ4v) is 1.97. The number of methoxy groups -OCH3 is 1. The van der Waals surface area contributed by atoms with Crippen LogP contribution in [0.4, 0.5) is 5.69 Å². The number of halogens is 1. The fourth-order valence-electron chi connectivity index (χ4n) is 1.59. The highest BCUT2D eigenvalue weighted by Crippen LogP contribution is 2.20. The van der Waals surface area contributed by atoms with Gasteiger partial charge in [0.1, 0.15) is 0 Å². The maximum absolute atomic E-state index is 11.9. The molecule has 0 unspecified atom stereocenters. The van der Waals surface area contributed by atoms with Crippen LogP contribution >= 0.6 is 15.9 Å². The molecule has 1 aromatic carbocycles. The molecular formula is C14H19BrN2O3. The molecule has 0 heterocycles. The first-order valence-electron chi connectivity index (χ1n) is 6.24. The van der Waals surface area contributed by atoms with Crippen LogP contribution in [0.2, 0.25) is 0 Å². The van der Waals surface area contributed by atoms with Crippen LogP contribution in [0, 0.1) is 6.92 Å². The molecule has 0 spiro atoms. The largest absolute Gasteiger partial charge is 0.383 e. The van der Waals surface area contributed by atoms with E-state index >= 15 is 0 Å². The Bertz CT molecular complexity index is 491. The van der Waals surface area contributed by atoms with Gasteiger partial charge < -0.3 is 15.0 Å². The van der Waals surface area contributed by atoms with E-state index in [1.165, 1.54) is 11.8 Å². The molecule has 0 atom stereocenters. The van der Waals surface area contributed by atoms with Crippen LogP contribution in [-0.2, 0) is 14.3 Å². The number of hydrogen-bond acceptors (Lipinski definition) is 3. The molecule has 1 rings (SSSR count). The van der Waals surface area contributed by atoms with E-state index in [1.807, 2.05) is 25.1 Å². The lowest BCUT2D eigenvalue weighted by atomic mass is 10.2. The summed E-state index contributed by atoms with van der Waals surface area (Å²) in [6, 6.07) is 5.57. The third-order valence-electron chi connectivity index (χ3n) is 2.80. The molecule has 0 aromatic heterocycles. The lowest BCUT2D eigenvalue weighted by Gasteiger charge is -2.20. The number of nitrogens with zero attached hydrogens (tertiary/aromatic N) is 1. The molecule has 0 saturated heterocycles. The topological polar surface area (TPSA) is 58.6 Å². The summed E-state index contributed by atoms with van der Waals surface area (Å²) in [5, 5.41) is 2.77. The highest BCUT2D eigenvalue weighted by molar-refractivity contribution is 9.10. The summed E-state index contributed by atoms with van der Waals surface area (Å²) >= 11 is 3.41. The minimum Gasteiger partial charge on any atom is -0.383 e. The number of carbonyl (C=O) groups excluding carboxylic acids is 2. The van der Waals surface area contributed by atoms with E-state index < -0.39 is 0 Å². The first kappa shape index (κ1) is 16.7. The number of hydrogen-bond donors (Lipinski definition) is 1. The summed E-state index contributed by atoms with van der Waals surface area (Å²) < 4.78 is 5.85. The van der Waals surface area contributed by atoms with Crippen molar-refractivity contribution in [2.75, 3.05) is 32.1 Å². The number of ether oxygens (including phenoxy) is 1. The Morgan fingerprint density at radius 2 is 2.10 bits per heavy atom. The van der Waals surface area contributed by atoms with Crippen molar-refractivity contribution in [1.82, 2.24) is 4.90 Å². The number of benzene rings is 1. The molecule has 6 heteroatoms. The molecule has 0 aliphatic carbocycles. The second-order valence-corrected chi connectivity index (χ2v) is 5.30. The Labute approximate surface area is 127 Å². The van der Waals surface area contributed by atoms with Crippen molar-refractivity contribution in [2.24, 2.45) is 0 Å². The summed E-state index contributed by atoms with van der Waals surface area (Å²) in [5.41, 5.74) is 1.79. The molecule has 20 heavy (non-hydrogen) atoms. The monoisotopic (exact) mass is 342 g/mol. The van der Waals surface area contributed by atoms with Gasteiger partial charge in [0.15, 0.2) is 0 Å². The van der Waals surface area contributed by atoms with Crippen molar-refractivity contribution in [3.63, 3.8) is 0 Å². The Morgan fingerprint density at radius 3 is 2.65 bits per heavy atom. The Balaban J connectivity index is 2.60. The molecule has 0 fully saturated rings. The number of rotatable bonds is 6.